The van der Waals surface area contributed by atoms with Crippen molar-refractivity contribution in [2.45, 2.75) is 18.5 Å². The Hall–Kier alpha value is -1.30. The molecular formula is C15H23N3O2. The number of hydrogen-bond donors (Lipinski definition) is 2. The second-order valence-corrected chi connectivity index (χ2v) is 5.73. The molecule has 0 spiro atoms. The highest BCUT2D eigenvalue weighted by atomic mass is 16.5. The first-order valence-electron chi connectivity index (χ1n) is 7.14. The fraction of sp³-hybridized carbons (Fsp3) is 0.600. The van der Waals surface area contributed by atoms with E-state index in [0.29, 0.717) is 18.0 Å². The molecule has 2 aliphatic heterocycles. The molecule has 20 heavy (non-hydrogen) atoms. The summed E-state index contributed by atoms with van der Waals surface area (Å²) in [5.41, 5.74) is 8.11. The molecule has 2 heterocycles. The van der Waals surface area contributed by atoms with E-state index in [1.54, 1.807) is 14.2 Å². The first kappa shape index (κ1) is 13.7. The van der Waals surface area contributed by atoms with Crippen LogP contribution < -0.4 is 20.3 Å². The highest BCUT2D eigenvalue weighted by Gasteiger charge is 2.39. The van der Waals surface area contributed by atoms with Crippen LogP contribution in [-0.4, -0.2) is 45.3 Å². The standard InChI is InChI=1S/C15H23N3O2/c1-18-5-4-14-13(9-18)15(17-16-14)10-6-11(19-2)8-12(7-10)20-3/h6-8,13-17H,4-5,9H2,1-3H3. The van der Waals surface area contributed by atoms with Crippen molar-refractivity contribution in [2.24, 2.45) is 5.92 Å². The summed E-state index contributed by atoms with van der Waals surface area (Å²) in [7, 11) is 5.57. The lowest BCUT2D eigenvalue weighted by Crippen LogP contribution is -2.43. The van der Waals surface area contributed by atoms with Crippen molar-refractivity contribution < 1.29 is 9.47 Å². The lowest BCUT2D eigenvalue weighted by atomic mass is 9.85. The SMILES string of the molecule is COc1cc(OC)cc(C2NNC3CCN(C)CC32)c1. The first-order valence-corrected chi connectivity index (χ1v) is 7.14. The lowest BCUT2D eigenvalue weighted by Gasteiger charge is -2.33. The van der Waals surface area contributed by atoms with E-state index in [2.05, 4.69) is 34.9 Å². The van der Waals surface area contributed by atoms with E-state index in [1.165, 1.54) is 12.0 Å². The smallest absolute Gasteiger partial charge is 0.122 e. The van der Waals surface area contributed by atoms with E-state index in [0.717, 1.165) is 24.6 Å². The molecule has 0 bridgehead atoms. The van der Waals surface area contributed by atoms with Crippen LogP contribution in [0.1, 0.15) is 18.0 Å². The molecule has 5 nitrogen and oxygen atoms in total. The van der Waals surface area contributed by atoms with Crippen LogP contribution in [-0.2, 0) is 0 Å². The second kappa shape index (κ2) is 5.60. The van der Waals surface area contributed by atoms with Gasteiger partial charge >= 0.3 is 0 Å². The summed E-state index contributed by atoms with van der Waals surface area (Å²) in [6, 6.07) is 6.95. The minimum Gasteiger partial charge on any atom is -0.497 e. The van der Waals surface area contributed by atoms with Crippen molar-refractivity contribution >= 4 is 0 Å². The van der Waals surface area contributed by atoms with E-state index >= 15 is 0 Å². The van der Waals surface area contributed by atoms with Gasteiger partial charge in [0.25, 0.3) is 0 Å². The fourth-order valence-electron chi connectivity index (χ4n) is 3.31. The Morgan fingerprint density at radius 2 is 1.80 bits per heavy atom. The molecule has 0 amide bonds. The molecular weight excluding hydrogens is 254 g/mol. The summed E-state index contributed by atoms with van der Waals surface area (Å²) < 4.78 is 10.8. The molecule has 5 heteroatoms. The van der Waals surface area contributed by atoms with Gasteiger partial charge in [0.05, 0.1) is 20.3 Å². The van der Waals surface area contributed by atoms with Gasteiger partial charge in [-0.25, -0.2) is 5.43 Å². The Morgan fingerprint density at radius 1 is 1.10 bits per heavy atom. The van der Waals surface area contributed by atoms with Gasteiger partial charge in [-0.15, -0.1) is 0 Å². The van der Waals surface area contributed by atoms with E-state index in [-0.39, 0.29) is 0 Å². The van der Waals surface area contributed by atoms with Crippen LogP contribution in [0.5, 0.6) is 11.5 Å². The fourth-order valence-corrected chi connectivity index (χ4v) is 3.31. The monoisotopic (exact) mass is 277 g/mol. The zero-order valence-electron chi connectivity index (χ0n) is 12.3. The molecule has 2 N–H and O–H groups in total. The van der Waals surface area contributed by atoms with Gasteiger partial charge in [-0.3, -0.25) is 5.43 Å². The van der Waals surface area contributed by atoms with Crippen LogP contribution in [0.3, 0.4) is 0 Å². The van der Waals surface area contributed by atoms with Gasteiger partial charge in [0.15, 0.2) is 0 Å². The number of nitrogens with zero attached hydrogens (tertiary/aromatic N) is 1. The highest BCUT2D eigenvalue weighted by Crippen LogP contribution is 2.36. The molecule has 0 saturated carbocycles. The Bertz CT molecular complexity index is 458. The Kier molecular flexibility index (Phi) is 3.83. The summed E-state index contributed by atoms with van der Waals surface area (Å²) in [5, 5.41) is 0. The summed E-state index contributed by atoms with van der Waals surface area (Å²) >= 11 is 0. The number of hydrogen-bond acceptors (Lipinski definition) is 5. The van der Waals surface area contributed by atoms with Crippen molar-refractivity contribution in [3.05, 3.63) is 23.8 Å². The Labute approximate surface area is 120 Å². The van der Waals surface area contributed by atoms with Crippen LogP contribution in [0.25, 0.3) is 0 Å². The zero-order chi connectivity index (χ0) is 14.1. The molecule has 3 unspecified atom stereocenters. The molecule has 0 aromatic heterocycles. The quantitative estimate of drug-likeness (QED) is 0.868. The van der Waals surface area contributed by atoms with Crippen molar-refractivity contribution in [1.82, 2.24) is 15.8 Å². The van der Waals surface area contributed by atoms with Crippen molar-refractivity contribution in [2.75, 3.05) is 34.4 Å². The lowest BCUT2D eigenvalue weighted by molar-refractivity contribution is 0.185. The van der Waals surface area contributed by atoms with E-state index in [1.807, 2.05) is 6.07 Å². The number of ether oxygens (including phenoxy) is 2. The number of likely N-dealkylation sites (tertiary alicyclic amines) is 1. The average Bonchev–Trinajstić information content (AvgIpc) is 2.89. The van der Waals surface area contributed by atoms with Gasteiger partial charge in [0.2, 0.25) is 0 Å². The summed E-state index contributed by atoms with van der Waals surface area (Å²) in [4.78, 5) is 2.40. The normalized spacial score (nSPS) is 30.1. The van der Waals surface area contributed by atoms with Gasteiger partial charge in [0.1, 0.15) is 11.5 Å². The van der Waals surface area contributed by atoms with Crippen molar-refractivity contribution in [1.29, 1.82) is 0 Å². The number of piperidine rings is 1. The topological polar surface area (TPSA) is 45.8 Å². The number of methoxy groups -OCH3 is 2. The van der Waals surface area contributed by atoms with E-state index in [4.69, 9.17) is 9.47 Å². The van der Waals surface area contributed by atoms with Gasteiger partial charge < -0.3 is 14.4 Å². The molecule has 1 aromatic rings. The number of fused-ring (bicyclic) bond motifs is 1. The predicted octanol–water partition coefficient (Wildman–Crippen LogP) is 1.17. The highest BCUT2D eigenvalue weighted by molar-refractivity contribution is 5.40. The molecule has 3 rings (SSSR count). The van der Waals surface area contributed by atoms with Crippen LogP contribution in [0, 0.1) is 5.92 Å². The van der Waals surface area contributed by atoms with Crippen LogP contribution in [0.2, 0.25) is 0 Å². The Morgan fingerprint density at radius 3 is 2.45 bits per heavy atom. The number of benzene rings is 1. The van der Waals surface area contributed by atoms with E-state index < -0.39 is 0 Å². The minimum absolute atomic E-state index is 0.298. The number of rotatable bonds is 3. The molecule has 1 aromatic carbocycles. The van der Waals surface area contributed by atoms with E-state index in [9.17, 15) is 0 Å². The zero-order valence-corrected chi connectivity index (χ0v) is 12.3. The molecule has 3 atom stereocenters. The Balaban J connectivity index is 1.88. The third-order valence-electron chi connectivity index (χ3n) is 4.45. The molecule has 0 aliphatic carbocycles. The van der Waals surface area contributed by atoms with Crippen LogP contribution in [0.15, 0.2) is 18.2 Å². The van der Waals surface area contributed by atoms with Gasteiger partial charge in [-0.05, 0) is 37.7 Å². The van der Waals surface area contributed by atoms with Gasteiger partial charge in [-0.1, -0.05) is 0 Å². The molecule has 0 radical (unpaired) electrons. The number of hydrazine groups is 1. The summed E-state index contributed by atoms with van der Waals surface area (Å²) in [5.74, 6) is 2.26. The van der Waals surface area contributed by atoms with Crippen LogP contribution >= 0.6 is 0 Å². The van der Waals surface area contributed by atoms with Crippen molar-refractivity contribution in [3.8, 4) is 11.5 Å². The molecule has 2 fully saturated rings. The summed E-state index contributed by atoms with van der Waals surface area (Å²) in [6.07, 6.45) is 1.19. The maximum atomic E-state index is 5.38. The van der Waals surface area contributed by atoms with Gasteiger partial charge in [-0.2, -0.15) is 0 Å². The maximum Gasteiger partial charge on any atom is 0.122 e. The average molecular weight is 277 g/mol. The third kappa shape index (κ3) is 2.49. The molecule has 110 valence electrons. The predicted molar refractivity (Wildman–Crippen MR) is 78.0 cm³/mol. The maximum absolute atomic E-state index is 5.38. The second-order valence-electron chi connectivity index (χ2n) is 5.73. The minimum atomic E-state index is 0.298. The summed E-state index contributed by atoms with van der Waals surface area (Å²) in [6.45, 7) is 2.26. The third-order valence-corrected chi connectivity index (χ3v) is 4.45. The van der Waals surface area contributed by atoms with Crippen molar-refractivity contribution in [3.63, 3.8) is 0 Å². The first-order chi connectivity index (χ1) is 9.71. The van der Waals surface area contributed by atoms with Crippen LogP contribution in [0.4, 0.5) is 0 Å². The number of nitrogens with one attached hydrogen (secondary N) is 2. The molecule has 2 aliphatic rings. The largest absolute Gasteiger partial charge is 0.497 e. The van der Waals surface area contributed by atoms with Gasteiger partial charge in [0, 0.05) is 24.6 Å². The molecule has 2 saturated heterocycles.